The lowest BCUT2D eigenvalue weighted by atomic mass is 9.78. The van der Waals surface area contributed by atoms with E-state index in [1.165, 1.54) is 0 Å². The molecule has 1 aromatic rings. The van der Waals surface area contributed by atoms with Crippen molar-refractivity contribution in [2.24, 2.45) is 5.41 Å². The second-order valence-corrected chi connectivity index (χ2v) is 6.28. The highest BCUT2D eigenvalue weighted by Gasteiger charge is 2.39. The summed E-state index contributed by atoms with van der Waals surface area (Å²) in [5.41, 5.74) is -0.435. The highest BCUT2D eigenvalue weighted by Crippen LogP contribution is 2.29. The minimum Gasteiger partial charge on any atom is -0.497 e. The molecule has 134 valence electrons. The fraction of sp³-hybridized carbons (Fsp3) is 0.611. The molecule has 1 aliphatic heterocycles. The maximum Gasteiger partial charge on any atom is 0.228 e. The Labute approximate surface area is 143 Å². The van der Waals surface area contributed by atoms with Crippen LogP contribution in [0.25, 0.3) is 0 Å². The van der Waals surface area contributed by atoms with Crippen LogP contribution in [0.2, 0.25) is 0 Å². The summed E-state index contributed by atoms with van der Waals surface area (Å²) in [5, 5.41) is 6.31. The van der Waals surface area contributed by atoms with Gasteiger partial charge in [-0.25, -0.2) is 0 Å². The van der Waals surface area contributed by atoms with Gasteiger partial charge in [0.15, 0.2) is 0 Å². The summed E-state index contributed by atoms with van der Waals surface area (Å²) in [5.74, 6) is 1.52. The number of carbonyl (C=O) groups excluding carboxylic acids is 1. The molecule has 2 rings (SSSR count). The molecule has 1 fully saturated rings. The van der Waals surface area contributed by atoms with Crippen LogP contribution in [0.5, 0.6) is 11.5 Å². The minimum absolute atomic E-state index is 0.0481. The van der Waals surface area contributed by atoms with Crippen molar-refractivity contribution in [1.29, 1.82) is 0 Å². The van der Waals surface area contributed by atoms with Gasteiger partial charge in [-0.2, -0.15) is 0 Å². The number of amides is 1. The Balaban J connectivity index is 1.87. The summed E-state index contributed by atoms with van der Waals surface area (Å²) < 4.78 is 16.3. The second kappa shape index (κ2) is 8.89. The molecule has 1 heterocycles. The van der Waals surface area contributed by atoms with Gasteiger partial charge >= 0.3 is 0 Å². The van der Waals surface area contributed by atoms with Crippen LogP contribution >= 0.6 is 0 Å². The highest BCUT2D eigenvalue weighted by atomic mass is 16.5. The smallest absolute Gasteiger partial charge is 0.228 e. The molecule has 0 bridgehead atoms. The second-order valence-electron chi connectivity index (χ2n) is 6.28. The summed E-state index contributed by atoms with van der Waals surface area (Å²) in [6.07, 6.45) is 1.44. The average Bonchev–Trinajstić information content (AvgIpc) is 2.61. The highest BCUT2D eigenvalue weighted by molar-refractivity contribution is 5.83. The van der Waals surface area contributed by atoms with Gasteiger partial charge in [-0.3, -0.25) is 4.79 Å². The van der Waals surface area contributed by atoms with Gasteiger partial charge in [0, 0.05) is 13.2 Å². The first-order valence-corrected chi connectivity index (χ1v) is 8.38. The van der Waals surface area contributed by atoms with Crippen molar-refractivity contribution < 1.29 is 19.0 Å². The number of hydrogen-bond acceptors (Lipinski definition) is 5. The lowest BCUT2D eigenvalue weighted by molar-refractivity contribution is -0.136. The predicted octanol–water partition coefficient (Wildman–Crippen LogP) is 1.59. The molecule has 1 aliphatic rings. The Morgan fingerprint density at radius 3 is 2.67 bits per heavy atom. The number of benzene rings is 1. The van der Waals surface area contributed by atoms with Crippen molar-refractivity contribution in [3.8, 4) is 11.5 Å². The van der Waals surface area contributed by atoms with E-state index in [2.05, 4.69) is 10.6 Å². The van der Waals surface area contributed by atoms with Crippen LogP contribution in [0, 0.1) is 5.41 Å². The monoisotopic (exact) mass is 336 g/mol. The molecule has 6 heteroatoms. The van der Waals surface area contributed by atoms with E-state index in [1.54, 1.807) is 14.2 Å². The van der Waals surface area contributed by atoms with Gasteiger partial charge in [0.25, 0.3) is 0 Å². The van der Waals surface area contributed by atoms with Crippen LogP contribution < -0.4 is 20.1 Å². The zero-order chi connectivity index (χ0) is 17.4. The van der Waals surface area contributed by atoms with Crippen LogP contribution in [0.3, 0.4) is 0 Å². The van der Waals surface area contributed by atoms with E-state index in [1.807, 2.05) is 31.2 Å². The molecule has 1 unspecified atom stereocenters. The number of rotatable bonds is 8. The number of hydrogen-bond donors (Lipinski definition) is 2. The van der Waals surface area contributed by atoms with Gasteiger partial charge in [-0.1, -0.05) is 6.07 Å². The molecule has 1 saturated heterocycles. The largest absolute Gasteiger partial charge is 0.497 e. The average molecular weight is 336 g/mol. The molecule has 1 aromatic carbocycles. The molecular formula is C18H28N2O4. The summed E-state index contributed by atoms with van der Waals surface area (Å²) in [6, 6.07) is 7.45. The van der Waals surface area contributed by atoms with Crippen LogP contribution in [0.1, 0.15) is 19.8 Å². The van der Waals surface area contributed by atoms with Crippen molar-refractivity contribution >= 4 is 5.91 Å². The molecule has 6 nitrogen and oxygen atoms in total. The van der Waals surface area contributed by atoms with Gasteiger partial charge in [-0.05, 0) is 45.0 Å². The third-order valence-electron chi connectivity index (χ3n) is 4.39. The Bertz CT molecular complexity index is 524. The molecule has 1 amide bonds. The van der Waals surface area contributed by atoms with E-state index in [0.717, 1.165) is 37.4 Å². The van der Waals surface area contributed by atoms with Gasteiger partial charge in [0.1, 0.15) is 17.6 Å². The number of ether oxygens (including phenoxy) is 3. The third kappa shape index (κ3) is 4.85. The van der Waals surface area contributed by atoms with Crippen molar-refractivity contribution in [3.63, 3.8) is 0 Å². The fourth-order valence-corrected chi connectivity index (χ4v) is 2.99. The number of carbonyl (C=O) groups is 1. The fourth-order valence-electron chi connectivity index (χ4n) is 2.99. The zero-order valence-electron chi connectivity index (χ0n) is 14.8. The van der Waals surface area contributed by atoms with E-state index >= 15 is 0 Å². The molecule has 0 aliphatic carbocycles. The van der Waals surface area contributed by atoms with Crippen molar-refractivity contribution in [2.45, 2.75) is 25.9 Å². The first-order chi connectivity index (χ1) is 11.6. The van der Waals surface area contributed by atoms with E-state index in [9.17, 15) is 4.79 Å². The number of nitrogens with one attached hydrogen (secondary N) is 2. The Kier molecular flexibility index (Phi) is 6.87. The summed E-state index contributed by atoms with van der Waals surface area (Å²) in [6.45, 7) is 4.52. The van der Waals surface area contributed by atoms with E-state index in [-0.39, 0.29) is 12.0 Å². The third-order valence-corrected chi connectivity index (χ3v) is 4.39. The van der Waals surface area contributed by atoms with Gasteiger partial charge in [0.05, 0.1) is 25.7 Å². The maximum atomic E-state index is 12.7. The van der Waals surface area contributed by atoms with Gasteiger partial charge in [0.2, 0.25) is 5.91 Å². The topological polar surface area (TPSA) is 68.8 Å². The number of methoxy groups -OCH3 is 2. The lowest BCUT2D eigenvalue weighted by Crippen LogP contribution is -2.51. The van der Waals surface area contributed by atoms with Crippen molar-refractivity contribution in [1.82, 2.24) is 10.6 Å². The molecule has 24 heavy (non-hydrogen) atoms. The van der Waals surface area contributed by atoms with Crippen LogP contribution in [0.4, 0.5) is 0 Å². The van der Waals surface area contributed by atoms with Crippen LogP contribution in [0.15, 0.2) is 24.3 Å². The van der Waals surface area contributed by atoms with E-state index in [0.29, 0.717) is 13.2 Å². The van der Waals surface area contributed by atoms with Crippen molar-refractivity contribution in [2.75, 3.05) is 40.5 Å². The lowest BCUT2D eigenvalue weighted by Gasteiger charge is -2.35. The Hall–Kier alpha value is -1.79. The Morgan fingerprint density at radius 2 is 2.00 bits per heavy atom. The summed E-state index contributed by atoms with van der Waals surface area (Å²) in [4.78, 5) is 12.7. The molecule has 2 N–H and O–H groups in total. The van der Waals surface area contributed by atoms with Gasteiger partial charge in [-0.15, -0.1) is 0 Å². The zero-order valence-corrected chi connectivity index (χ0v) is 14.8. The van der Waals surface area contributed by atoms with Gasteiger partial charge < -0.3 is 24.8 Å². The predicted molar refractivity (Wildman–Crippen MR) is 92.5 cm³/mol. The van der Waals surface area contributed by atoms with Crippen molar-refractivity contribution in [3.05, 3.63) is 24.3 Å². The first-order valence-electron chi connectivity index (χ1n) is 8.38. The first kappa shape index (κ1) is 18.5. The standard InChI is InChI=1S/C18H28N2O4/c1-14(24-16-6-4-5-15(11-16)23-3)12-20-17(21)18(13-22-2)7-9-19-10-8-18/h4-6,11,14,19H,7-10,12-13H2,1-3H3,(H,20,21). The quantitative estimate of drug-likeness (QED) is 0.755. The molecular weight excluding hydrogens is 308 g/mol. The summed E-state index contributed by atoms with van der Waals surface area (Å²) in [7, 11) is 3.27. The number of piperidine rings is 1. The molecule has 0 saturated carbocycles. The normalized spacial score (nSPS) is 17.8. The molecule has 1 atom stereocenters. The van der Waals surface area contributed by atoms with Crippen LogP contribution in [-0.4, -0.2) is 52.5 Å². The SMILES string of the molecule is COCC1(C(=O)NCC(C)Oc2cccc(OC)c2)CCNCC1. The molecule has 0 aromatic heterocycles. The van der Waals surface area contributed by atoms with E-state index < -0.39 is 5.41 Å². The maximum absolute atomic E-state index is 12.7. The van der Waals surface area contributed by atoms with E-state index in [4.69, 9.17) is 14.2 Å². The van der Waals surface area contributed by atoms with Crippen LogP contribution in [-0.2, 0) is 9.53 Å². The molecule has 0 radical (unpaired) electrons. The molecule has 0 spiro atoms. The minimum atomic E-state index is -0.435. The Morgan fingerprint density at radius 1 is 1.29 bits per heavy atom. The summed E-state index contributed by atoms with van der Waals surface area (Å²) >= 11 is 0.